The van der Waals surface area contributed by atoms with E-state index in [0.29, 0.717) is 32.4 Å². The third-order valence-electron chi connectivity index (χ3n) is 7.31. The van der Waals surface area contributed by atoms with Crippen LogP contribution in [-0.4, -0.2) is 42.7 Å². The lowest BCUT2D eigenvalue weighted by Crippen LogP contribution is -2.42. The van der Waals surface area contributed by atoms with Crippen LogP contribution in [0.5, 0.6) is 17.2 Å². The monoisotopic (exact) mass is 674 g/mol. The molecule has 0 aliphatic rings. The van der Waals surface area contributed by atoms with Gasteiger partial charge in [0.25, 0.3) is 0 Å². The van der Waals surface area contributed by atoms with Crippen molar-refractivity contribution in [3.05, 3.63) is 85.3 Å². The maximum Gasteiger partial charge on any atom is 0.307 e. The summed E-state index contributed by atoms with van der Waals surface area (Å²) in [7, 11) is 1.68. The van der Waals surface area contributed by atoms with Crippen molar-refractivity contribution < 1.29 is 19.4 Å². The van der Waals surface area contributed by atoms with Crippen molar-refractivity contribution in [3.63, 3.8) is 0 Å². The Morgan fingerprint density at radius 1 is 1.05 bits per heavy atom. The normalized spacial score (nSPS) is 13.0. The minimum Gasteiger partial charge on any atom is -0.496 e. The van der Waals surface area contributed by atoms with E-state index in [9.17, 15) is 9.90 Å². The van der Waals surface area contributed by atoms with Crippen LogP contribution in [0.25, 0.3) is 0 Å². The zero-order chi connectivity index (χ0) is 29.6. The Hall–Kier alpha value is -2.39. The summed E-state index contributed by atoms with van der Waals surface area (Å²) in [4.78, 5) is 13.7. The number of carbonyl (C=O) groups is 1. The van der Waals surface area contributed by atoms with Gasteiger partial charge in [0, 0.05) is 17.7 Å². The summed E-state index contributed by atoms with van der Waals surface area (Å²) < 4.78 is 13.9. The quantitative estimate of drug-likeness (QED) is 0.191. The molecule has 0 radical (unpaired) electrons. The molecule has 0 heterocycles. The first-order chi connectivity index (χ1) is 18.9. The lowest BCUT2D eigenvalue weighted by molar-refractivity contribution is -0.136. The maximum absolute atomic E-state index is 11.3. The highest BCUT2D eigenvalue weighted by molar-refractivity contribution is 9.11. The minimum atomic E-state index is -0.897. The van der Waals surface area contributed by atoms with Gasteiger partial charge < -0.3 is 25.2 Å². The van der Waals surface area contributed by atoms with Gasteiger partial charge in [-0.3, -0.25) is 4.79 Å². The molecule has 0 aromatic heterocycles. The third-order valence-corrected chi connectivity index (χ3v) is 8.49. The van der Waals surface area contributed by atoms with E-state index in [2.05, 4.69) is 89.6 Å². The summed E-state index contributed by atoms with van der Waals surface area (Å²) in [5.74, 6) is 1.22. The van der Waals surface area contributed by atoms with E-state index < -0.39 is 11.5 Å². The fourth-order valence-electron chi connectivity index (χ4n) is 4.96. The number of hydrogen-bond acceptors (Lipinski definition) is 5. The Morgan fingerprint density at radius 3 is 2.23 bits per heavy atom. The predicted molar refractivity (Wildman–Crippen MR) is 169 cm³/mol. The molecule has 1 unspecified atom stereocenters. The van der Waals surface area contributed by atoms with Crippen molar-refractivity contribution in [2.75, 3.05) is 26.7 Å². The van der Waals surface area contributed by atoms with Crippen molar-refractivity contribution in [2.45, 2.75) is 58.9 Å². The van der Waals surface area contributed by atoms with Crippen molar-refractivity contribution in [1.82, 2.24) is 4.90 Å². The molecule has 0 bridgehead atoms. The molecule has 6 nitrogen and oxygen atoms in total. The first kappa shape index (κ1) is 32.1. The summed E-state index contributed by atoms with van der Waals surface area (Å²) in [6.07, 6.45) is 0.575. The molecular weight excluding hydrogens is 636 g/mol. The number of methoxy groups -OCH3 is 1. The Balaban J connectivity index is 2.27. The highest BCUT2D eigenvalue weighted by Crippen LogP contribution is 2.46. The minimum absolute atomic E-state index is 0.0899. The van der Waals surface area contributed by atoms with Gasteiger partial charge in [-0.05, 0) is 99.6 Å². The molecule has 3 aromatic rings. The number of benzene rings is 3. The van der Waals surface area contributed by atoms with Gasteiger partial charge in [0.05, 0.1) is 28.0 Å². The van der Waals surface area contributed by atoms with E-state index in [1.165, 1.54) is 0 Å². The largest absolute Gasteiger partial charge is 0.496 e. The van der Waals surface area contributed by atoms with Gasteiger partial charge in [0.1, 0.15) is 11.5 Å². The average molecular weight is 676 g/mol. The van der Waals surface area contributed by atoms with Crippen LogP contribution in [0.2, 0.25) is 0 Å². The Kier molecular flexibility index (Phi) is 11.2. The van der Waals surface area contributed by atoms with Gasteiger partial charge in [-0.1, -0.05) is 57.5 Å². The molecule has 216 valence electrons. The number of carboxylic acid groups (broad SMARTS) is 1. The molecule has 0 spiro atoms. The fraction of sp³-hybridized carbons (Fsp3) is 0.406. The van der Waals surface area contributed by atoms with E-state index in [4.69, 9.17) is 15.2 Å². The molecule has 0 saturated heterocycles. The molecule has 0 saturated carbocycles. The van der Waals surface area contributed by atoms with Crippen LogP contribution in [-0.2, 0) is 16.8 Å². The highest BCUT2D eigenvalue weighted by Gasteiger charge is 2.35. The molecule has 0 fully saturated rings. The van der Waals surface area contributed by atoms with Gasteiger partial charge in [-0.25, -0.2) is 0 Å². The van der Waals surface area contributed by atoms with Crippen LogP contribution in [0.3, 0.4) is 0 Å². The standard InChI is InChI=1S/C32H40Br2N2O4/c1-7-36(8-2)13-12-32(35,23-11-9-10-21(5)14-23)25-19-28(39-6)24(20(3)4)18-29(25)40-31-26(33)15-22(16-27(31)34)17-30(37)38/h9-11,14-16,18-20H,7-8,12-13,17,35H2,1-6H3,(H,37,38). The van der Waals surface area contributed by atoms with Crippen LogP contribution in [0.4, 0.5) is 0 Å². The van der Waals surface area contributed by atoms with Crippen LogP contribution in [0.1, 0.15) is 67.9 Å². The zero-order valence-corrected chi connectivity index (χ0v) is 27.4. The summed E-state index contributed by atoms with van der Waals surface area (Å²) in [6, 6.07) is 15.9. The zero-order valence-electron chi connectivity index (χ0n) is 24.2. The second-order valence-corrected chi connectivity index (χ2v) is 12.1. The molecule has 1 atom stereocenters. The Morgan fingerprint density at radius 2 is 1.70 bits per heavy atom. The molecule has 8 heteroatoms. The number of hydrogen-bond donors (Lipinski definition) is 2. The van der Waals surface area contributed by atoms with Gasteiger partial charge in [-0.15, -0.1) is 0 Å². The predicted octanol–water partition coefficient (Wildman–Crippen LogP) is 8.01. The Bertz CT molecular complexity index is 1320. The highest BCUT2D eigenvalue weighted by atomic mass is 79.9. The lowest BCUT2D eigenvalue weighted by atomic mass is 9.79. The molecule has 0 amide bonds. The van der Waals surface area contributed by atoms with Gasteiger partial charge in [0.15, 0.2) is 5.75 Å². The van der Waals surface area contributed by atoms with Crippen molar-refractivity contribution >= 4 is 37.8 Å². The molecule has 0 aliphatic carbocycles. The molecule has 40 heavy (non-hydrogen) atoms. The number of aryl methyl sites for hydroxylation is 1. The smallest absolute Gasteiger partial charge is 0.307 e. The van der Waals surface area contributed by atoms with E-state index in [0.717, 1.165) is 47.6 Å². The molecular formula is C32H40Br2N2O4. The fourth-order valence-corrected chi connectivity index (χ4v) is 6.41. The summed E-state index contributed by atoms with van der Waals surface area (Å²) in [6.45, 7) is 13.3. The lowest BCUT2D eigenvalue weighted by Gasteiger charge is -2.35. The molecule has 3 N–H and O–H groups in total. The maximum atomic E-state index is 11.3. The number of aliphatic carboxylic acids is 1. The summed E-state index contributed by atoms with van der Waals surface area (Å²) in [5.41, 5.74) is 11.2. The van der Waals surface area contributed by atoms with Crippen molar-refractivity contribution in [1.29, 1.82) is 0 Å². The molecule has 3 aromatic carbocycles. The summed E-state index contributed by atoms with van der Waals surface area (Å²) >= 11 is 7.22. The van der Waals surface area contributed by atoms with E-state index >= 15 is 0 Å². The topological polar surface area (TPSA) is 85.0 Å². The van der Waals surface area contributed by atoms with Crippen molar-refractivity contribution in [2.24, 2.45) is 5.73 Å². The third kappa shape index (κ3) is 7.46. The number of nitrogens with zero attached hydrogens (tertiary/aromatic N) is 1. The van der Waals surface area contributed by atoms with Gasteiger partial charge in [0.2, 0.25) is 0 Å². The number of carboxylic acids is 1. The Labute approximate surface area is 255 Å². The van der Waals surface area contributed by atoms with E-state index in [-0.39, 0.29) is 12.3 Å². The SMILES string of the molecule is CCN(CC)CCC(N)(c1cccc(C)c1)c1cc(OC)c(C(C)C)cc1Oc1c(Br)cc(CC(=O)O)cc1Br. The van der Waals surface area contributed by atoms with Gasteiger partial charge in [-0.2, -0.15) is 0 Å². The number of ether oxygens (including phenoxy) is 2. The van der Waals surface area contributed by atoms with Gasteiger partial charge >= 0.3 is 5.97 Å². The number of nitrogens with two attached hydrogens (primary N) is 1. The van der Waals surface area contributed by atoms with Crippen LogP contribution >= 0.6 is 31.9 Å². The molecule has 0 aliphatic heterocycles. The van der Waals surface area contributed by atoms with Crippen LogP contribution in [0.15, 0.2) is 57.5 Å². The summed E-state index contributed by atoms with van der Waals surface area (Å²) in [5, 5.41) is 9.27. The second kappa shape index (κ2) is 14.0. The average Bonchev–Trinajstić information content (AvgIpc) is 2.90. The van der Waals surface area contributed by atoms with E-state index in [1.54, 1.807) is 19.2 Å². The first-order valence-electron chi connectivity index (χ1n) is 13.6. The number of halogens is 2. The van der Waals surface area contributed by atoms with Crippen LogP contribution < -0.4 is 15.2 Å². The van der Waals surface area contributed by atoms with E-state index in [1.807, 2.05) is 18.2 Å². The van der Waals surface area contributed by atoms with Crippen LogP contribution in [0, 0.1) is 6.92 Å². The second-order valence-electron chi connectivity index (χ2n) is 10.4. The molecule has 3 rings (SSSR count). The first-order valence-corrected chi connectivity index (χ1v) is 15.2. The number of rotatable bonds is 13. The van der Waals surface area contributed by atoms with Crippen molar-refractivity contribution in [3.8, 4) is 17.2 Å².